The lowest BCUT2D eigenvalue weighted by molar-refractivity contribution is 0.140. The summed E-state index contributed by atoms with van der Waals surface area (Å²) in [6.07, 6.45) is -0.978. The average Bonchev–Trinajstić information content (AvgIpc) is 2.04. The molecule has 2 nitrogen and oxygen atoms in total. The zero-order valence-corrected chi connectivity index (χ0v) is 7.55. The van der Waals surface area contributed by atoms with Crippen molar-refractivity contribution in [3.63, 3.8) is 0 Å². The molecule has 1 aromatic heterocycles. The van der Waals surface area contributed by atoms with Gasteiger partial charge in [0.2, 0.25) is 0 Å². The molecule has 0 saturated heterocycles. The third-order valence-corrected chi connectivity index (χ3v) is 1.80. The molecule has 0 radical (unpaired) electrons. The van der Waals surface area contributed by atoms with E-state index in [1.54, 1.807) is 13.0 Å². The fraction of sp³-hybridized carbons (Fsp3) is 0.444. The van der Waals surface area contributed by atoms with Gasteiger partial charge in [-0.3, -0.25) is 4.98 Å². The molecule has 0 aromatic carbocycles. The number of alkyl halides is 2. The van der Waals surface area contributed by atoms with Gasteiger partial charge in [0.1, 0.15) is 0 Å². The van der Waals surface area contributed by atoms with Gasteiger partial charge in [0.25, 0.3) is 6.43 Å². The van der Waals surface area contributed by atoms with Gasteiger partial charge in [-0.05, 0) is 18.6 Å². The van der Waals surface area contributed by atoms with E-state index in [1.807, 2.05) is 0 Å². The second kappa shape index (κ2) is 4.28. The molecular formula is C9H11F2NO. The van der Waals surface area contributed by atoms with E-state index in [2.05, 4.69) is 4.98 Å². The molecule has 0 saturated carbocycles. The van der Waals surface area contributed by atoms with Crippen LogP contribution in [0.1, 0.15) is 23.2 Å². The molecule has 0 aliphatic carbocycles. The molecule has 0 unspecified atom stereocenters. The average molecular weight is 187 g/mol. The van der Waals surface area contributed by atoms with E-state index in [-0.39, 0.29) is 12.2 Å². The molecule has 0 spiro atoms. The highest BCUT2D eigenvalue weighted by Gasteiger charge is 2.15. The Morgan fingerprint density at radius 3 is 2.77 bits per heavy atom. The highest BCUT2D eigenvalue weighted by Crippen LogP contribution is 2.25. The van der Waals surface area contributed by atoms with E-state index in [0.717, 1.165) is 0 Å². The van der Waals surface area contributed by atoms with Crippen molar-refractivity contribution in [3.8, 4) is 0 Å². The Hall–Kier alpha value is -1.03. The summed E-state index contributed by atoms with van der Waals surface area (Å²) in [7, 11) is 1.48. The fourth-order valence-corrected chi connectivity index (χ4v) is 1.21. The number of halogens is 2. The summed E-state index contributed by atoms with van der Waals surface area (Å²) in [6, 6.07) is 1.55. The monoisotopic (exact) mass is 187 g/mol. The number of ether oxygens (including phenoxy) is 1. The first kappa shape index (κ1) is 10.1. The summed E-state index contributed by atoms with van der Waals surface area (Å²) < 4.78 is 29.8. The van der Waals surface area contributed by atoms with Crippen molar-refractivity contribution < 1.29 is 13.5 Å². The van der Waals surface area contributed by atoms with Crippen LogP contribution in [0.5, 0.6) is 0 Å². The molecule has 0 bridgehead atoms. The summed E-state index contributed by atoms with van der Waals surface area (Å²) >= 11 is 0. The van der Waals surface area contributed by atoms with Crippen molar-refractivity contribution in [1.29, 1.82) is 0 Å². The molecule has 0 atom stereocenters. The zero-order chi connectivity index (χ0) is 9.84. The summed E-state index contributed by atoms with van der Waals surface area (Å²) in [5.74, 6) is 0. The van der Waals surface area contributed by atoms with E-state index < -0.39 is 6.43 Å². The van der Waals surface area contributed by atoms with E-state index in [9.17, 15) is 8.78 Å². The van der Waals surface area contributed by atoms with E-state index in [4.69, 9.17) is 4.74 Å². The van der Waals surface area contributed by atoms with Crippen molar-refractivity contribution in [1.82, 2.24) is 4.98 Å². The Labute approximate surface area is 75.6 Å². The minimum Gasteiger partial charge on any atom is -0.380 e. The number of aromatic nitrogens is 1. The van der Waals surface area contributed by atoms with Gasteiger partial charge < -0.3 is 4.74 Å². The van der Waals surface area contributed by atoms with E-state index in [1.165, 1.54) is 13.3 Å². The minimum absolute atomic E-state index is 0.00986. The smallest absolute Gasteiger partial charge is 0.265 e. The maximum Gasteiger partial charge on any atom is 0.265 e. The van der Waals surface area contributed by atoms with Gasteiger partial charge in [0, 0.05) is 24.6 Å². The molecule has 0 aliphatic heterocycles. The molecule has 1 aromatic rings. The Kier molecular flexibility index (Phi) is 3.31. The standard InChI is InChI=1S/C9H11F2NO/c1-6-8(9(10)11)7(5-13-2)3-4-12-6/h3-4,9H,5H2,1-2H3. The van der Waals surface area contributed by atoms with Crippen LogP contribution >= 0.6 is 0 Å². The van der Waals surface area contributed by atoms with Crippen LogP contribution in [-0.2, 0) is 11.3 Å². The number of rotatable bonds is 3. The summed E-state index contributed by atoms with van der Waals surface area (Å²) in [4.78, 5) is 3.81. The van der Waals surface area contributed by atoms with Crippen molar-refractivity contribution in [2.24, 2.45) is 0 Å². The van der Waals surface area contributed by atoms with Crippen LogP contribution < -0.4 is 0 Å². The Bertz CT molecular complexity index is 289. The molecular weight excluding hydrogens is 176 g/mol. The first-order valence-electron chi connectivity index (χ1n) is 3.88. The van der Waals surface area contributed by atoms with Gasteiger partial charge in [0.05, 0.1) is 6.61 Å². The second-order valence-electron chi connectivity index (χ2n) is 2.70. The fourth-order valence-electron chi connectivity index (χ4n) is 1.21. The highest BCUT2D eigenvalue weighted by molar-refractivity contribution is 5.29. The summed E-state index contributed by atoms with van der Waals surface area (Å²) in [5, 5.41) is 0. The number of nitrogens with zero attached hydrogens (tertiary/aromatic N) is 1. The van der Waals surface area contributed by atoms with Gasteiger partial charge in [-0.2, -0.15) is 0 Å². The third-order valence-electron chi connectivity index (χ3n) is 1.80. The molecule has 0 amide bonds. The van der Waals surface area contributed by atoms with Gasteiger partial charge in [0.15, 0.2) is 0 Å². The van der Waals surface area contributed by atoms with Gasteiger partial charge in [-0.25, -0.2) is 8.78 Å². The molecule has 1 heterocycles. The van der Waals surface area contributed by atoms with Crippen LogP contribution in [0, 0.1) is 6.92 Å². The minimum atomic E-state index is -2.49. The normalized spacial score (nSPS) is 10.8. The number of hydrogen-bond acceptors (Lipinski definition) is 2. The van der Waals surface area contributed by atoms with Crippen LogP contribution in [0.4, 0.5) is 8.78 Å². The van der Waals surface area contributed by atoms with Crippen molar-refractivity contribution in [3.05, 3.63) is 29.1 Å². The number of methoxy groups -OCH3 is 1. The highest BCUT2D eigenvalue weighted by atomic mass is 19.3. The Balaban J connectivity index is 3.10. The molecule has 72 valence electrons. The molecule has 13 heavy (non-hydrogen) atoms. The van der Waals surface area contributed by atoms with Crippen LogP contribution in [0.15, 0.2) is 12.3 Å². The van der Waals surface area contributed by atoms with E-state index >= 15 is 0 Å². The second-order valence-corrected chi connectivity index (χ2v) is 2.70. The van der Waals surface area contributed by atoms with E-state index in [0.29, 0.717) is 11.3 Å². The lowest BCUT2D eigenvalue weighted by atomic mass is 10.1. The van der Waals surface area contributed by atoms with Crippen LogP contribution in [-0.4, -0.2) is 12.1 Å². The lowest BCUT2D eigenvalue weighted by Gasteiger charge is -2.09. The lowest BCUT2D eigenvalue weighted by Crippen LogP contribution is -2.01. The quantitative estimate of drug-likeness (QED) is 0.725. The third kappa shape index (κ3) is 2.21. The molecule has 0 N–H and O–H groups in total. The number of aryl methyl sites for hydroxylation is 1. The van der Waals surface area contributed by atoms with Crippen molar-refractivity contribution in [2.75, 3.05) is 7.11 Å². The maximum absolute atomic E-state index is 12.5. The van der Waals surface area contributed by atoms with Crippen LogP contribution in [0.2, 0.25) is 0 Å². The Morgan fingerprint density at radius 1 is 1.54 bits per heavy atom. The summed E-state index contributed by atoms with van der Waals surface area (Å²) in [5.41, 5.74) is 0.860. The molecule has 0 fully saturated rings. The zero-order valence-electron chi connectivity index (χ0n) is 7.55. The molecule has 1 rings (SSSR count). The predicted octanol–water partition coefficient (Wildman–Crippen LogP) is 2.47. The van der Waals surface area contributed by atoms with Gasteiger partial charge in [-0.1, -0.05) is 0 Å². The summed E-state index contributed by atoms with van der Waals surface area (Å²) in [6.45, 7) is 1.77. The van der Waals surface area contributed by atoms with Crippen molar-refractivity contribution in [2.45, 2.75) is 20.0 Å². The SMILES string of the molecule is COCc1ccnc(C)c1C(F)F. The van der Waals surface area contributed by atoms with Crippen LogP contribution in [0.3, 0.4) is 0 Å². The first-order chi connectivity index (χ1) is 6.16. The number of pyridine rings is 1. The molecule has 0 aliphatic rings. The Morgan fingerprint density at radius 2 is 2.23 bits per heavy atom. The molecule has 4 heteroatoms. The predicted molar refractivity (Wildman–Crippen MR) is 44.6 cm³/mol. The topological polar surface area (TPSA) is 22.1 Å². The number of hydrogen-bond donors (Lipinski definition) is 0. The van der Waals surface area contributed by atoms with Crippen molar-refractivity contribution >= 4 is 0 Å². The largest absolute Gasteiger partial charge is 0.380 e. The van der Waals surface area contributed by atoms with Gasteiger partial charge in [-0.15, -0.1) is 0 Å². The van der Waals surface area contributed by atoms with Gasteiger partial charge >= 0.3 is 0 Å². The maximum atomic E-state index is 12.5. The first-order valence-corrected chi connectivity index (χ1v) is 3.88. The van der Waals surface area contributed by atoms with Crippen LogP contribution in [0.25, 0.3) is 0 Å².